The van der Waals surface area contributed by atoms with Crippen molar-refractivity contribution in [2.24, 2.45) is 0 Å². The minimum atomic E-state index is -0.222. The number of anilines is 1. The summed E-state index contributed by atoms with van der Waals surface area (Å²) >= 11 is 4.77. The third-order valence-electron chi connectivity index (χ3n) is 2.67. The van der Waals surface area contributed by atoms with Crippen molar-refractivity contribution in [1.82, 2.24) is 10.2 Å². The lowest BCUT2D eigenvalue weighted by molar-refractivity contribution is 0.102. The van der Waals surface area contributed by atoms with E-state index in [1.54, 1.807) is 0 Å². The van der Waals surface area contributed by atoms with Gasteiger partial charge in [0.1, 0.15) is 0 Å². The van der Waals surface area contributed by atoms with Crippen LogP contribution in [0.15, 0.2) is 14.3 Å². The van der Waals surface area contributed by atoms with Gasteiger partial charge in [-0.25, -0.2) is 0 Å². The van der Waals surface area contributed by atoms with E-state index < -0.39 is 0 Å². The van der Waals surface area contributed by atoms with E-state index in [-0.39, 0.29) is 11.9 Å². The molecule has 3 rings (SSSR count). The van der Waals surface area contributed by atoms with Gasteiger partial charge in [0.15, 0.2) is 0 Å². The van der Waals surface area contributed by atoms with E-state index in [2.05, 4.69) is 31.4 Å². The molecule has 7 heteroatoms. The van der Waals surface area contributed by atoms with Crippen molar-refractivity contribution < 1.29 is 9.21 Å². The third-order valence-corrected chi connectivity index (χ3v) is 4.80. The Labute approximate surface area is 116 Å². The first-order valence-corrected chi connectivity index (χ1v) is 7.15. The Balaban J connectivity index is 1.72. The monoisotopic (exact) mass is 327 g/mol. The topological polar surface area (TPSA) is 68.0 Å². The van der Waals surface area contributed by atoms with Crippen LogP contribution in [0, 0.1) is 6.92 Å². The third kappa shape index (κ3) is 2.32. The fourth-order valence-corrected chi connectivity index (χ4v) is 2.94. The summed E-state index contributed by atoms with van der Waals surface area (Å²) in [5, 5.41) is 10.3. The van der Waals surface area contributed by atoms with E-state index in [0.717, 1.165) is 22.2 Å². The van der Waals surface area contributed by atoms with Crippen molar-refractivity contribution in [2.45, 2.75) is 25.7 Å². The second kappa shape index (κ2) is 4.47. The number of carbonyl (C=O) groups excluding carboxylic acids is 1. The highest BCUT2D eigenvalue weighted by molar-refractivity contribution is 9.11. The lowest BCUT2D eigenvalue weighted by atomic mass is 10.3. The van der Waals surface area contributed by atoms with Crippen LogP contribution in [0.4, 0.5) is 6.01 Å². The summed E-state index contributed by atoms with van der Waals surface area (Å²) in [4.78, 5) is 12.5. The number of rotatable bonds is 3. The lowest BCUT2D eigenvalue weighted by Crippen LogP contribution is -2.10. The predicted molar refractivity (Wildman–Crippen MR) is 71.0 cm³/mol. The Morgan fingerprint density at radius 1 is 1.56 bits per heavy atom. The average molecular weight is 328 g/mol. The molecule has 1 amide bonds. The van der Waals surface area contributed by atoms with Crippen LogP contribution in [0.1, 0.15) is 39.9 Å². The van der Waals surface area contributed by atoms with E-state index in [1.165, 1.54) is 11.3 Å². The Kier molecular flexibility index (Phi) is 2.95. The molecule has 94 valence electrons. The number of carbonyl (C=O) groups is 1. The Bertz CT molecular complexity index is 584. The zero-order valence-electron chi connectivity index (χ0n) is 9.57. The van der Waals surface area contributed by atoms with Crippen LogP contribution in [0.2, 0.25) is 0 Å². The highest BCUT2D eigenvalue weighted by Crippen LogP contribution is 2.39. The quantitative estimate of drug-likeness (QED) is 0.938. The van der Waals surface area contributed by atoms with E-state index in [9.17, 15) is 4.79 Å². The van der Waals surface area contributed by atoms with E-state index in [1.807, 2.05) is 13.0 Å². The summed E-state index contributed by atoms with van der Waals surface area (Å²) < 4.78 is 6.33. The maximum Gasteiger partial charge on any atom is 0.322 e. The summed E-state index contributed by atoms with van der Waals surface area (Å²) in [6.45, 7) is 1.94. The molecule has 0 spiro atoms. The lowest BCUT2D eigenvalue weighted by Gasteiger charge is -1.95. The minimum absolute atomic E-state index is 0.170. The molecule has 0 atom stereocenters. The van der Waals surface area contributed by atoms with Crippen LogP contribution in [-0.2, 0) is 0 Å². The van der Waals surface area contributed by atoms with Gasteiger partial charge < -0.3 is 4.42 Å². The Morgan fingerprint density at radius 2 is 2.33 bits per heavy atom. The molecule has 1 saturated carbocycles. The van der Waals surface area contributed by atoms with Gasteiger partial charge in [0.25, 0.3) is 5.91 Å². The van der Waals surface area contributed by atoms with Gasteiger partial charge >= 0.3 is 6.01 Å². The van der Waals surface area contributed by atoms with Gasteiger partial charge in [-0.05, 0) is 47.3 Å². The van der Waals surface area contributed by atoms with Crippen LogP contribution in [0.3, 0.4) is 0 Å². The summed E-state index contributed by atoms with van der Waals surface area (Å²) in [7, 11) is 0. The normalized spacial score (nSPS) is 14.8. The molecule has 1 aliphatic rings. The maximum absolute atomic E-state index is 11.9. The van der Waals surface area contributed by atoms with Crippen molar-refractivity contribution in [2.75, 3.05) is 5.32 Å². The summed E-state index contributed by atoms with van der Waals surface area (Å²) in [5.41, 5.74) is 1.04. The van der Waals surface area contributed by atoms with Crippen molar-refractivity contribution in [1.29, 1.82) is 0 Å². The van der Waals surface area contributed by atoms with Gasteiger partial charge in [-0.3, -0.25) is 10.1 Å². The van der Waals surface area contributed by atoms with Crippen molar-refractivity contribution >= 4 is 39.2 Å². The molecule has 0 saturated heterocycles. The molecular formula is C11H10BrN3O2S. The number of nitrogens with one attached hydrogen (secondary N) is 1. The number of amides is 1. The van der Waals surface area contributed by atoms with Crippen LogP contribution >= 0.6 is 27.3 Å². The molecule has 1 fully saturated rings. The first kappa shape index (κ1) is 11.9. The molecule has 0 aliphatic heterocycles. The van der Waals surface area contributed by atoms with Gasteiger partial charge in [0.2, 0.25) is 5.89 Å². The summed E-state index contributed by atoms with van der Waals surface area (Å²) in [5.74, 6) is 0.787. The number of aryl methyl sites for hydroxylation is 1. The largest absolute Gasteiger partial charge is 0.408 e. The van der Waals surface area contributed by atoms with Crippen LogP contribution in [0.5, 0.6) is 0 Å². The summed E-state index contributed by atoms with van der Waals surface area (Å²) in [6.07, 6.45) is 2.18. The first-order chi connectivity index (χ1) is 8.63. The standard InChI is InChI=1S/C11H10BrN3O2S/c1-5-4-7(18-8(5)12)9(16)13-11-15-14-10(17-11)6-2-3-6/h4,6H,2-3H2,1H3,(H,13,15,16). The molecule has 2 aromatic rings. The number of halogens is 1. The van der Waals surface area contributed by atoms with Crippen molar-refractivity contribution in [3.8, 4) is 0 Å². The second-order valence-electron chi connectivity index (χ2n) is 4.24. The SMILES string of the molecule is Cc1cc(C(=O)Nc2nnc(C3CC3)o2)sc1Br. The predicted octanol–water partition coefficient (Wildman–Crippen LogP) is 3.33. The first-order valence-electron chi connectivity index (χ1n) is 5.54. The van der Waals surface area contributed by atoms with E-state index in [0.29, 0.717) is 16.7 Å². The van der Waals surface area contributed by atoms with Crippen molar-refractivity contribution in [3.05, 3.63) is 26.2 Å². The van der Waals surface area contributed by atoms with Gasteiger partial charge in [0, 0.05) is 5.92 Å². The zero-order chi connectivity index (χ0) is 12.7. The highest BCUT2D eigenvalue weighted by Gasteiger charge is 2.29. The van der Waals surface area contributed by atoms with Gasteiger partial charge in [-0.15, -0.1) is 16.4 Å². The molecule has 5 nitrogen and oxygen atoms in total. The molecule has 2 aromatic heterocycles. The van der Waals surface area contributed by atoms with Crippen molar-refractivity contribution in [3.63, 3.8) is 0 Å². The second-order valence-corrected chi connectivity index (χ2v) is 6.61. The number of aromatic nitrogens is 2. The molecule has 0 aromatic carbocycles. The smallest absolute Gasteiger partial charge is 0.322 e. The number of thiophene rings is 1. The number of hydrogen-bond donors (Lipinski definition) is 1. The molecule has 0 bridgehead atoms. The van der Waals surface area contributed by atoms with Crippen LogP contribution < -0.4 is 5.32 Å². The zero-order valence-corrected chi connectivity index (χ0v) is 12.0. The minimum Gasteiger partial charge on any atom is -0.408 e. The maximum atomic E-state index is 11.9. The fraction of sp³-hybridized carbons (Fsp3) is 0.364. The van der Waals surface area contributed by atoms with Gasteiger partial charge in [-0.2, -0.15) is 0 Å². The fourth-order valence-electron chi connectivity index (χ4n) is 1.51. The molecule has 0 unspecified atom stereocenters. The molecule has 0 radical (unpaired) electrons. The average Bonchev–Trinajstić information content (AvgIpc) is 3.00. The number of nitrogens with zero attached hydrogens (tertiary/aromatic N) is 2. The molecule has 18 heavy (non-hydrogen) atoms. The molecule has 2 heterocycles. The highest BCUT2D eigenvalue weighted by atomic mass is 79.9. The Hall–Kier alpha value is -1.21. The summed E-state index contributed by atoms with van der Waals surface area (Å²) in [6, 6.07) is 1.99. The molecular weight excluding hydrogens is 318 g/mol. The van der Waals surface area contributed by atoms with Gasteiger partial charge in [0.05, 0.1) is 8.66 Å². The number of hydrogen-bond acceptors (Lipinski definition) is 5. The van der Waals surface area contributed by atoms with E-state index in [4.69, 9.17) is 4.42 Å². The molecule has 1 aliphatic carbocycles. The molecule has 1 N–H and O–H groups in total. The van der Waals surface area contributed by atoms with Crippen LogP contribution in [0.25, 0.3) is 0 Å². The van der Waals surface area contributed by atoms with E-state index >= 15 is 0 Å². The Morgan fingerprint density at radius 3 is 2.94 bits per heavy atom. The van der Waals surface area contributed by atoms with Gasteiger partial charge in [-0.1, -0.05) is 5.10 Å². The van der Waals surface area contributed by atoms with Crippen LogP contribution in [-0.4, -0.2) is 16.1 Å².